The highest BCUT2D eigenvalue weighted by Crippen LogP contribution is 2.42. The van der Waals surface area contributed by atoms with Crippen molar-refractivity contribution < 1.29 is 0 Å². The normalized spacial score (nSPS) is 17.5. The Labute approximate surface area is 128 Å². The molecule has 0 aromatic heterocycles. The van der Waals surface area contributed by atoms with Crippen LogP contribution in [0.2, 0.25) is 0 Å². The van der Waals surface area contributed by atoms with Gasteiger partial charge in [0.15, 0.2) is 0 Å². The van der Waals surface area contributed by atoms with Gasteiger partial charge in [-0.1, -0.05) is 59.7 Å². The Balaban J connectivity index is 1.76. The van der Waals surface area contributed by atoms with Gasteiger partial charge < -0.3 is 5.32 Å². The lowest BCUT2D eigenvalue weighted by Gasteiger charge is -2.24. The van der Waals surface area contributed by atoms with Gasteiger partial charge in [0.25, 0.3) is 0 Å². The highest BCUT2D eigenvalue weighted by Gasteiger charge is 2.33. The molecule has 1 aliphatic carbocycles. The smallest absolute Gasteiger partial charge is 0.0353 e. The average molecular weight is 279 g/mol. The second kappa shape index (κ2) is 6.03. The van der Waals surface area contributed by atoms with Gasteiger partial charge in [-0.15, -0.1) is 0 Å². The Morgan fingerprint density at radius 1 is 0.810 bits per heavy atom. The zero-order valence-corrected chi connectivity index (χ0v) is 13.3. The molecule has 0 heterocycles. The van der Waals surface area contributed by atoms with Gasteiger partial charge >= 0.3 is 0 Å². The molecule has 0 aliphatic heterocycles. The van der Waals surface area contributed by atoms with Gasteiger partial charge in [0.1, 0.15) is 0 Å². The summed E-state index contributed by atoms with van der Waals surface area (Å²) in [6.07, 6.45) is 2.71. The predicted octanol–water partition coefficient (Wildman–Crippen LogP) is 5.11. The molecule has 2 aromatic rings. The average Bonchev–Trinajstić information content (AvgIpc) is 3.31. The highest BCUT2D eigenvalue weighted by atomic mass is 15.0. The first-order valence-corrected chi connectivity index (χ1v) is 8.02. The van der Waals surface area contributed by atoms with Gasteiger partial charge in [0, 0.05) is 12.1 Å². The van der Waals surface area contributed by atoms with Crippen LogP contribution < -0.4 is 5.32 Å². The lowest BCUT2D eigenvalue weighted by molar-refractivity contribution is 0.427. The quantitative estimate of drug-likeness (QED) is 0.802. The maximum Gasteiger partial charge on any atom is 0.0353 e. The number of nitrogens with one attached hydrogen (secondary N) is 1. The van der Waals surface area contributed by atoms with E-state index >= 15 is 0 Å². The Morgan fingerprint density at radius 2 is 1.29 bits per heavy atom. The van der Waals surface area contributed by atoms with Gasteiger partial charge in [-0.05, 0) is 50.7 Å². The first-order valence-electron chi connectivity index (χ1n) is 8.02. The largest absolute Gasteiger partial charge is 0.303 e. The van der Waals surface area contributed by atoms with E-state index in [0.29, 0.717) is 12.1 Å². The summed E-state index contributed by atoms with van der Waals surface area (Å²) in [5, 5.41) is 3.85. The Morgan fingerprint density at radius 3 is 1.76 bits per heavy atom. The molecule has 1 saturated carbocycles. The van der Waals surface area contributed by atoms with E-state index in [4.69, 9.17) is 0 Å². The molecule has 1 unspecified atom stereocenters. The summed E-state index contributed by atoms with van der Waals surface area (Å²) in [7, 11) is 0. The van der Waals surface area contributed by atoms with Crippen molar-refractivity contribution >= 4 is 0 Å². The van der Waals surface area contributed by atoms with E-state index in [2.05, 4.69) is 74.6 Å². The van der Waals surface area contributed by atoms with Crippen molar-refractivity contribution in [3.8, 4) is 0 Å². The van der Waals surface area contributed by atoms with Crippen LogP contribution in [0.15, 0.2) is 48.5 Å². The van der Waals surface area contributed by atoms with E-state index < -0.39 is 0 Å². The zero-order valence-electron chi connectivity index (χ0n) is 13.3. The van der Waals surface area contributed by atoms with Crippen LogP contribution in [0.25, 0.3) is 0 Å². The molecule has 0 spiro atoms. The lowest BCUT2D eigenvalue weighted by atomic mass is 9.98. The van der Waals surface area contributed by atoms with Crippen LogP contribution in [-0.4, -0.2) is 0 Å². The number of benzene rings is 2. The van der Waals surface area contributed by atoms with Crippen LogP contribution in [0.1, 0.15) is 54.1 Å². The molecule has 2 aromatic carbocycles. The number of hydrogen-bond acceptors (Lipinski definition) is 1. The second-order valence-electron chi connectivity index (χ2n) is 6.52. The molecule has 2 atom stereocenters. The number of aryl methyl sites for hydroxylation is 2. The van der Waals surface area contributed by atoms with E-state index in [1.165, 1.54) is 35.1 Å². The minimum absolute atomic E-state index is 0.387. The summed E-state index contributed by atoms with van der Waals surface area (Å²) in [5.41, 5.74) is 5.46. The second-order valence-corrected chi connectivity index (χ2v) is 6.52. The SMILES string of the molecule is Cc1ccc(C(N[C@H](C)c2ccc(C)cc2)C2CC2)cc1. The monoisotopic (exact) mass is 279 g/mol. The highest BCUT2D eigenvalue weighted by molar-refractivity contribution is 5.28. The third kappa shape index (κ3) is 3.54. The summed E-state index contributed by atoms with van der Waals surface area (Å²) >= 11 is 0. The molecule has 3 rings (SSSR count). The van der Waals surface area contributed by atoms with Crippen LogP contribution >= 0.6 is 0 Å². The third-order valence-electron chi connectivity index (χ3n) is 4.54. The number of rotatable bonds is 5. The first-order chi connectivity index (χ1) is 10.1. The van der Waals surface area contributed by atoms with Crippen LogP contribution in [0.4, 0.5) is 0 Å². The molecular weight excluding hydrogens is 254 g/mol. The minimum Gasteiger partial charge on any atom is -0.303 e. The van der Waals surface area contributed by atoms with Gasteiger partial charge in [-0.25, -0.2) is 0 Å². The van der Waals surface area contributed by atoms with E-state index in [1.54, 1.807) is 0 Å². The molecule has 0 saturated heterocycles. The maximum absolute atomic E-state index is 3.85. The topological polar surface area (TPSA) is 12.0 Å². The van der Waals surface area contributed by atoms with E-state index in [1.807, 2.05) is 0 Å². The van der Waals surface area contributed by atoms with E-state index in [9.17, 15) is 0 Å². The Kier molecular flexibility index (Phi) is 4.12. The predicted molar refractivity (Wildman–Crippen MR) is 89.4 cm³/mol. The van der Waals surface area contributed by atoms with Crippen molar-refractivity contribution in [1.82, 2.24) is 5.32 Å². The van der Waals surface area contributed by atoms with Crippen molar-refractivity contribution in [2.24, 2.45) is 5.92 Å². The van der Waals surface area contributed by atoms with Gasteiger partial charge in [-0.2, -0.15) is 0 Å². The van der Waals surface area contributed by atoms with Crippen LogP contribution in [0.3, 0.4) is 0 Å². The Hall–Kier alpha value is -1.60. The molecule has 1 N–H and O–H groups in total. The minimum atomic E-state index is 0.387. The van der Waals surface area contributed by atoms with E-state index in [-0.39, 0.29) is 0 Å². The van der Waals surface area contributed by atoms with E-state index in [0.717, 1.165) is 5.92 Å². The Bertz CT molecular complexity index is 578. The number of hydrogen-bond donors (Lipinski definition) is 1. The summed E-state index contributed by atoms with van der Waals surface area (Å²) < 4.78 is 0. The molecular formula is C20H25N. The maximum atomic E-state index is 3.85. The third-order valence-corrected chi connectivity index (χ3v) is 4.54. The fourth-order valence-electron chi connectivity index (χ4n) is 2.93. The van der Waals surface area contributed by atoms with Crippen LogP contribution in [0, 0.1) is 19.8 Å². The van der Waals surface area contributed by atoms with Crippen LogP contribution in [-0.2, 0) is 0 Å². The molecule has 110 valence electrons. The summed E-state index contributed by atoms with van der Waals surface area (Å²) in [5.74, 6) is 0.806. The molecule has 1 aliphatic rings. The van der Waals surface area contributed by atoms with Gasteiger partial charge in [0.05, 0.1) is 0 Å². The van der Waals surface area contributed by atoms with Crippen LogP contribution in [0.5, 0.6) is 0 Å². The lowest BCUT2D eigenvalue weighted by Crippen LogP contribution is -2.26. The van der Waals surface area contributed by atoms with Crippen molar-refractivity contribution in [3.63, 3.8) is 0 Å². The molecule has 0 amide bonds. The fraction of sp³-hybridized carbons (Fsp3) is 0.400. The fourth-order valence-corrected chi connectivity index (χ4v) is 2.93. The standard InChI is InChI=1S/C20H25N/c1-14-4-8-17(9-5-14)16(3)21-20(19-12-13-19)18-10-6-15(2)7-11-18/h4-11,16,19-21H,12-13H2,1-3H3/t16-,20?/m1/s1. The first kappa shape index (κ1) is 14.3. The van der Waals surface area contributed by atoms with Gasteiger partial charge in [-0.3, -0.25) is 0 Å². The molecule has 0 radical (unpaired) electrons. The summed E-state index contributed by atoms with van der Waals surface area (Å²) in [4.78, 5) is 0. The van der Waals surface area contributed by atoms with Crippen molar-refractivity contribution in [2.75, 3.05) is 0 Å². The van der Waals surface area contributed by atoms with Crippen molar-refractivity contribution in [1.29, 1.82) is 0 Å². The summed E-state index contributed by atoms with van der Waals surface area (Å²) in [6, 6.07) is 18.8. The molecule has 0 bridgehead atoms. The van der Waals surface area contributed by atoms with Crippen molar-refractivity contribution in [3.05, 3.63) is 70.8 Å². The summed E-state index contributed by atoms with van der Waals surface area (Å²) in [6.45, 7) is 6.56. The molecule has 21 heavy (non-hydrogen) atoms. The molecule has 1 fully saturated rings. The zero-order chi connectivity index (χ0) is 14.8. The molecule has 1 heteroatoms. The van der Waals surface area contributed by atoms with Gasteiger partial charge in [0.2, 0.25) is 0 Å². The van der Waals surface area contributed by atoms with Crippen molar-refractivity contribution in [2.45, 2.75) is 45.7 Å². The molecule has 1 nitrogen and oxygen atoms in total.